The van der Waals surface area contributed by atoms with E-state index in [1.54, 1.807) is 24.3 Å². The highest BCUT2D eigenvalue weighted by Gasteiger charge is 2.25. The fraction of sp³-hybridized carbons (Fsp3) is 0.423. The number of hydrogen-bond donors (Lipinski definition) is 2. The van der Waals surface area contributed by atoms with Crippen molar-refractivity contribution in [2.24, 2.45) is 5.92 Å². The number of anilines is 1. The van der Waals surface area contributed by atoms with Crippen LogP contribution in [-0.4, -0.2) is 41.5 Å². The van der Waals surface area contributed by atoms with Crippen molar-refractivity contribution < 1.29 is 14.3 Å². The number of halogens is 1. The highest BCUT2D eigenvalue weighted by atomic mass is 79.9. The Morgan fingerprint density at radius 3 is 2.53 bits per heavy atom. The van der Waals surface area contributed by atoms with E-state index < -0.39 is 0 Å². The Hall–Kier alpha value is -2.45. The van der Waals surface area contributed by atoms with Crippen LogP contribution in [0, 0.1) is 5.92 Å². The van der Waals surface area contributed by atoms with Gasteiger partial charge in [-0.25, -0.2) is 0 Å². The van der Waals surface area contributed by atoms with Gasteiger partial charge in [0.15, 0.2) is 5.11 Å². The Balaban J connectivity index is 1.71. The standard InChI is InChI=1S/C26H32BrN3O3S/c1-17(2)16-33-23-14-13-18(27)15-21(23)24(31)29-26(34)28-22-12-8-7-11-20(22)25(32)30(3)19-9-5-4-6-10-19/h7-8,11-15,17,19H,4-6,9-10,16H2,1-3H3,(H2,28,29,31,34). The fourth-order valence-corrected chi connectivity index (χ4v) is 4.55. The lowest BCUT2D eigenvalue weighted by Gasteiger charge is -2.31. The monoisotopic (exact) mass is 545 g/mol. The fourth-order valence-electron chi connectivity index (χ4n) is 3.99. The van der Waals surface area contributed by atoms with Crippen LogP contribution in [0.4, 0.5) is 5.69 Å². The van der Waals surface area contributed by atoms with Crippen LogP contribution in [0.2, 0.25) is 0 Å². The summed E-state index contributed by atoms with van der Waals surface area (Å²) in [6.07, 6.45) is 5.58. The van der Waals surface area contributed by atoms with Gasteiger partial charge in [0.2, 0.25) is 0 Å². The Kier molecular flexibility index (Phi) is 9.47. The van der Waals surface area contributed by atoms with Crippen LogP contribution in [0.3, 0.4) is 0 Å². The first kappa shape index (κ1) is 26.2. The SMILES string of the molecule is CC(C)COc1ccc(Br)cc1C(=O)NC(=S)Nc1ccccc1C(=O)N(C)C1CCCCC1. The molecule has 0 saturated heterocycles. The highest BCUT2D eigenvalue weighted by Crippen LogP contribution is 2.26. The summed E-state index contributed by atoms with van der Waals surface area (Å²) in [5, 5.41) is 5.86. The Morgan fingerprint density at radius 1 is 1.12 bits per heavy atom. The van der Waals surface area contributed by atoms with Crippen LogP contribution in [0.25, 0.3) is 0 Å². The first-order valence-electron chi connectivity index (χ1n) is 11.7. The van der Waals surface area contributed by atoms with Gasteiger partial charge in [0.1, 0.15) is 5.75 Å². The van der Waals surface area contributed by atoms with Gasteiger partial charge >= 0.3 is 0 Å². The number of hydrogen-bond acceptors (Lipinski definition) is 4. The summed E-state index contributed by atoms with van der Waals surface area (Å²) in [7, 11) is 1.86. The molecule has 3 rings (SSSR count). The largest absolute Gasteiger partial charge is 0.492 e. The molecular weight excluding hydrogens is 514 g/mol. The third-order valence-electron chi connectivity index (χ3n) is 5.83. The second kappa shape index (κ2) is 12.3. The van der Waals surface area contributed by atoms with Gasteiger partial charge in [0.05, 0.1) is 23.4 Å². The number of carbonyl (C=O) groups excluding carboxylic acids is 2. The molecule has 0 spiro atoms. The van der Waals surface area contributed by atoms with Crippen LogP contribution in [0.15, 0.2) is 46.9 Å². The van der Waals surface area contributed by atoms with Gasteiger partial charge < -0.3 is 15.0 Å². The van der Waals surface area contributed by atoms with Crippen molar-refractivity contribution in [3.05, 3.63) is 58.1 Å². The van der Waals surface area contributed by atoms with Crippen LogP contribution < -0.4 is 15.4 Å². The van der Waals surface area contributed by atoms with Gasteiger partial charge in [-0.15, -0.1) is 0 Å². The number of nitrogens with zero attached hydrogens (tertiary/aromatic N) is 1. The molecule has 34 heavy (non-hydrogen) atoms. The van der Waals surface area contributed by atoms with E-state index in [-0.39, 0.29) is 23.0 Å². The van der Waals surface area contributed by atoms with Crippen LogP contribution in [0.5, 0.6) is 5.75 Å². The van der Waals surface area contributed by atoms with E-state index in [1.807, 2.05) is 44.0 Å². The maximum absolute atomic E-state index is 13.2. The molecule has 1 saturated carbocycles. The maximum Gasteiger partial charge on any atom is 0.261 e. The molecule has 0 bridgehead atoms. The minimum absolute atomic E-state index is 0.0551. The summed E-state index contributed by atoms with van der Waals surface area (Å²) in [5.74, 6) is 0.367. The van der Waals surface area contributed by atoms with Crippen LogP contribution >= 0.6 is 28.1 Å². The summed E-state index contributed by atoms with van der Waals surface area (Å²) < 4.78 is 6.57. The van der Waals surface area contributed by atoms with Crippen molar-refractivity contribution in [2.75, 3.05) is 19.0 Å². The predicted molar refractivity (Wildman–Crippen MR) is 144 cm³/mol. The smallest absolute Gasteiger partial charge is 0.261 e. The van der Waals surface area contributed by atoms with Crippen molar-refractivity contribution in [3.8, 4) is 5.75 Å². The first-order valence-corrected chi connectivity index (χ1v) is 12.9. The van der Waals surface area contributed by atoms with E-state index in [1.165, 1.54) is 6.42 Å². The zero-order valence-corrected chi connectivity index (χ0v) is 22.3. The van der Waals surface area contributed by atoms with Crippen molar-refractivity contribution in [3.63, 3.8) is 0 Å². The van der Waals surface area contributed by atoms with Gasteiger partial charge in [-0.3, -0.25) is 14.9 Å². The number of para-hydroxylation sites is 1. The summed E-state index contributed by atoms with van der Waals surface area (Å²) in [5.41, 5.74) is 1.46. The highest BCUT2D eigenvalue weighted by molar-refractivity contribution is 9.10. The van der Waals surface area contributed by atoms with Crippen molar-refractivity contribution in [1.82, 2.24) is 10.2 Å². The lowest BCUT2D eigenvalue weighted by molar-refractivity contribution is 0.0697. The van der Waals surface area contributed by atoms with Gasteiger partial charge in [-0.2, -0.15) is 0 Å². The number of carbonyl (C=O) groups is 2. The first-order chi connectivity index (χ1) is 16.3. The van der Waals surface area contributed by atoms with E-state index >= 15 is 0 Å². The molecule has 2 N–H and O–H groups in total. The third kappa shape index (κ3) is 7.03. The average molecular weight is 547 g/mol. The quantitative estimate of drug-likeness (QED) is 0.416. The predicted octanol–water partition coefficient (Wildman–Crippen LogP) is 6.02. The van der Waals surface area contributed by atoms with Crippen molar-refractivity contribution in [1.29, 1.82) is 0 Å². The van der Waals surface area contributed by atoms with Gasteiger partial charge in [-0.05, 0) is 61.3 Å². The lowest BCUT2D eigenvalue weighted by Crippen LogP contribution is -2.39. The molecule has 182 valence electrons. The number of nitrogens with one attached hydrogen (secondary N) is 2. The Morgan fingerprint density at radius 2 is 1.82 bits per heavy atom. The zero-order valence-electron chi connectivity index (χ0n) is 19.9. The molecule has 2 aromatic carbocycles. The third-order valence-corrected chi connectivity index (χ3v) is 6.53. The minimum Gasteiger partial charge on any atom is -0.492 e. The van der Waals surface area contributed by atoms with Crippen LogP contribution in [0.1, 0.15) is 66.7 Å². The maximum atomic E-state index is 13.2. The van der Waals surface area contributed by atoms with E-state index in [0.717, 1.165) is 30.2 Å². The van der Waals surface area contributed by atoms with E-state index in [4.69, 9.17) is 17.0 Å². The molecule has 0 aliphatic heterocycles. The second-order valence-electron chi connectivity index (χ2n) is 9.01. The summed E-state index contributed by atoms with van der Waals surface area (Å²) >= 11 is 8.82. The molecule has 1 aliphatic carbocycles. The molecule has 6 nitrogen and oxygen atoms in total. The number of benzene rings is 2. The molecule has 0 radical (unpaired) electrons. The Labute approximate surface area is 215 Å². The summed E-state index contributed by atoms with van der Waals surface area (Å²) in [6, 6.07) is 12.8. The van der Waals surface area contributed by atoms with Crippen LogP contribution in [-0.2, 0) is 0 Å². The number of thiocarbonyl (C=S) groups is 1. The molecule has 0 heterocycles. The van der Waals surface area contributed by atoms with E-state index in [2.05, 4.69) is 26.6 Å². The van der Waals surface area contributed by atoms with Gasteiger partial charge in [0, 0.05) is 17.6 Å². The van der Waals surface area contributed by atoms with Crippen molar-refractivity contribution >= 4 is 50.8 Å². The lowest BCUT2D eigenvalue weighted by atomic mass is 9.94. The second-order valence-corrected chi connectivity index (χ2v) is 10.3. The molecule has 0 aromatic heterocycles. The molecule has 2 aromatic rings. The minimum atomic E-state index is -0.388. The topological polar surface area (TPSA) is 70.7 Å². The van der Waals surface area contributed by atoms with E-state index in [0.29, 0.717) is 35.1 Å². The normalized spacial score (nSPS) is 13.9. The Bertz CT molecular complexity index is 1040. The molecule has 2 amide bonds. The summed E-state index contributed by atoms with van der Waals surface area (Å²) in [6.45, 7) is 4.58. The number of ether oxygens (including phenoxy) is 1. The van der Waals surface area contributed by atoms with Gasteiger partial charge in [-0.1, -0.05) is 61.2 Å². The molecule has 1 fully saturated rings. The molecular formula is C26H32BrN3O3S. The number of amides is 2. The van der Waals surface area contributed by atoms with E-state index in [9.17, 15) is 9.59 Å². The molecule has 0 unspecified atom stereocenters. The van der Waals surface area contributed by atoms with Crippen molar-refractivity contribution in [2.45, 2.75) is 52.0 Å². The zero-order chi connectivity index (χ0) is 24.7. The number of rotatable bonds is 7. The molecule has 1 aliphatic rings. The van der Waals surface area contributed by atoms with Gasteiger partial charge in [0.25, 0.3) is 11.8 Å². The molecule has 8 heteroatoms. The average Bonchev–Trinajstić information content (AvgIpc) is 2.83. The molecule has 0 atom stereocenters. The summed E-state index contributed by atoms with van der Waals surface area (Å²) in [4.78, 5) is 28.0.